The lowest BCUT2D eigenvalue weighted by Crippen LogP contribution is -2.02. The lowest BCUT2D eigenvalue weighted by Gasteiger charge is -2.08. The molecule has 3 aromatic carbocycles. The van der Waals surface area contributed by atoms with Crippen LogP contribution < -0.4 is 0 Å². The van der Waals surface area contributed by atoms with Crippen LogP contribution in [-0.2, 0) is 0 Å². The van der Waals surface area contributed by atoms with E-state index in [2.05, 4.69) is 324 Å². The summed E-state index contributed by atoms with van der Waals surface area (Å²) in [5.41, 5.74) is 12.7. The molecule has 15 heterocycles. The molecule has 18 rings (SSSR count). The van der Waals surface area contributed by atoms with Crippen molar-refractivity contribution in [2.75, 3.05) is 0 Å². The molecular formula is C89H107N19. The Morgan fingerprint density at radius 3 is 1.21 bits per heavy atom. The number of imidazole rings is 1. The first-order chi connectivity index (χ1) is 52.1. The molecule has 0 aliphatic rings. The van der Waals surface area contributed by atoms with Crippen molar-refractivity contribution >= 4 is 98.6 Å². The maximum absolute atomic E-state index is 4.33. The van der Waals surface area contributed by atoms with Crippen LogP contribution in [-0.4, -0.2) is 91.6 Å². The number of aromatic nitrogens is 19. The molecule has 0 spiro atoms. The van der Waals surface area contributed by atoms with Crippen molar-refractivity contribution in [2.45, 2.75) is 179 Å². The highest BCUT2D eigenvalue weighted by atomic mass is 15.3. The van der Waals surface area contributed by atoms with E-state index < -0.39 is 0 Å². The average molecular weight is 1440 g/mol. The Kier molecular flexibility index (Phi) is 27.3. The first-order valence-corrected chi connectivity index (χ1v) is 37.7. The Balaban J connectivity index is 0.000000130. The van der Waals surface area contributed by atoms with E-state index in [4.69, 9.17) is 0 Å². The van der Waals surface area contributed by atoms with Crippen LogP contribution in [0, 0.1) is 0 Å². The van der Waals surface area contributed by atoms with Crippen LogP contribution >= 0.6 is 0 Å². The van der Waals surface area contributed by atoms with Gasteiger partial charge in [-0.1, -0.05) is 48.5 Å². The Labute approximate surface area is 635 Å². The summed E-state index contributed by atoms with van der Waals surface area (Å²) in [5, 5.41) is 21.3. The maximum Gasteiger partial charge on any atom is 0.157 e. The zero-order chi connectivity index (χ0) is 77.0. The minimum atomic E-state index is 0.373. The van der Waals surface area contributed by atoms with Crippen LogP contribution in [0.15, 0.2) is 269 Å². The topological polar surface area (TPSA) is 173 Å². The Morgan fingerprint density at radius 1 is 0.213 bits per heavy atom. The molecule has 18 aromatic rings. The minimum absolute atomic E-state index is 0.373. The van der Waals surface area contributed by atoms with Gasteiger partial charge in [0, 0.05) is 167 Å². The molecule has 0 saturated heterocycles. The van der Waals surface area contributed by atoms with E-state index in [0.717, 1.165) is 38.6 Å². The number of para-hydroxylation sites is 4. The van der Waals surface area contributed by atoms with Crippen LogP contribution in [0.25, 0.3) is 98.6 Å². The van der Waals surface area contributed by atoms with Gasteiger partial charge in [0.2, 0.25) is 0 Å². The summed E-state index contributed by atoms with van der Waals surface area (Å²) >= 11 is 0. The lowest BCUT2D eigenvalue weighted by atomic mass is 10.2. The van der Waals surface area contributed by atoms with Crippen molar-refractivity contribution in [3.8, 4) is 0 Å². The minimum Gasteiger partial charge on any atom is -0.345 e. The molecular weight excluding hydrogens is 1340 g/mol. The van der Waals surface area contributed by atoms with Crippen LogP contribution in [0.4, 0.5) is 0 Å². The highest BCUT2D eigenvalue weighted by Crippen LogP contribution is 2.25. The number of benzene rings is 3. The van der Waals surface area contributed by atoms with Gasteiger partial charge in [0.05, 0.1) is 81.4 Å². The molecule has 0 saturated carbocycles. The molecule has 0 atom stereocenters. The van der Waals surface area contributed by atoms with E-state index in [1.54, 1.807) is 12.4 Å². The van der Waals surface area contributed by atoms with Gasteiger partial charge in [-0.15, -0.1) is 0 Å². The lowest BCUT2D eigenvalue weighted by molar-refractivity contribution is 0.546. The molecule has 0 radical (unpaired) electrons. The second kappa shape index (κ2) is 37.4. The van der Waals surface area contributed by atoms with Gasteiger partial charge in [-0.25, -0.2) is 19.6 Å². The maximum atomic E-state index is 4.33. The summed E-state index contributed by atoms with van der Waals surface area (Å²) in [6.07, 6.45) is 34.6. The van der Waals surface area contributed by atoms with Gasteiger partial charge in [0.25, 0.3) is 0 Å². The van der Waals surface area contributed by atoms with E-state index >= 15 is 0 Å². The van der Waals surface area contributed by atoms with Gasteiger partial charge in [-0.3, -0.25) is 29.3 Å². The van der Waals surface area contributed by atoms with Gasteiger partial charge in [-0.05, 0) is 239 Å². The molecule has 0 bridgehead atoms. The molecule has 558 valence electrons. The van der Waals surface area contributed by atoms with Gasteiger partial charge in [-0.2, -0.15) is 15.3 Å². The summed E-state index contributed by atoms with van der Waals surface area (Å²) in [6.45, 7) is 38.8. The van der Waals surface area contributed by atoms with Crippen molar-refractivity contribution in [1.29, 1.82) is 0 Å². The van der Waals surface area contributed by atoms with Crippen LogP contribution in [0.5, 0.6) is 0 Å². The van der Waals surface area contributed by atoms with Crippen LogP contribution in [0.3, 0.4) is 0 Å². The third-order valence-electron chi connectivity index (χ3n) is 18.2. The highest BCUT2D eigenvalue weighted by molar-refractivity contribution is 5.83. The molecule has 0 aliphatic heterocycles. The predicted octanol–water partition coefficient (Wildman–Crippen LogP) is 22.9. The molecule has 0 fully saturated rings. The van der Waals surface area contributed by atoms with Crippen molar-refractivity contribution in [3.05, 3.63) is 269 Å². The number of hydrogen-bond acceptors (Lipinski definition) is 10. The van der Waals surface area contributed by atoms with E-state index in [1.807, 2.05) is 149 Å². The van der Waals surface area contributed by atoms with Crippen molar-refractivity contribution < 1.29 is 0 Å². The second-order valence-electron chi connectivity index (χ2n) is 29.0. The smallest absolute Gasteiger partial charge is 0.157 e. The normalized spacial score (nSPS) is 11.2. The van der Waals surface area contributed by atoms with E-state index in [9.17, 15) is 0 Å². The fourth-order valence-corrected chi connectivity index (χ4v) is 12.6. The number of hydrogen-bond donors (Lipinski definition) is 0. The zero-order valence-corrected chi connectivity index (χ0v) is 66.1. The van der Waals surface area contributed by atoms with E-state index in [0.29, 0.717) is 54.4 Å². The SMILES string of the molecule is CC(C)n1ccc2ccccc21.CC(C)n1ccc2cccnc21.CC(C)n1ccc2ccncc21.CC(C)n1ccc2cnccc21.CC(C)n1ccc2ncccc21.CC(C)n1cnc2ccccc21.CC(C)n1ncc2ccccc21.CC(C)n1ncc2cccnc21.CC(C)n1ncc2ccncc21. The van der Waals surface area contributed by atoms with Crippen LogP contribution in [0.2, 0.25) is 0 Å². The third kappa shape index (κ3) is 19.6. The number of nitrogens with zero attached hydrogens (tertiary/aromatic N) is 19. The van der Waals surface area contributed by atoms with E-state index in [-0.39, 0.29) is 0 Å². The largest absolute Gasteiger partial charge is 0.345 e. The Hall–Kier alpha value is -11.9. The molecule has 0 amide bonds. The van der Waals surface area contributed by atoms with Gasteiger partial charge in [0.15, 0.2) is 5.65 Å². The molecule has 0 unspecified atom stereocenters. The predicted molar refractivity (Wildman–Crippen MR) is 449 cm³/mol. The zero-order valence-electron chi connectivity index (χ0n) is 66.1. The average Bonchev–Trinajstić information content (AvgIpc) is 1.77. The third-order valence-corrected chi connectivity index (χ3v) is 18.2. The molecule has 0 N–H and O–H groups in total. The number of pyridine rings is 6. The number of fused-ring (bicyclic) bond motifs is 9. The first kappa shape index (κ1) is 78.7. The summed E-state index contributed by atoms with van der Waals surface area (Å²) in [4.78, 5) is 29.4. The summed E-state index contributed by atoms with van der Waals surface area (Å²) in [5.74, 6) is 0. The number of rotatable bonds is 9. The summed E-state index contributed by atoms with van der Waals surface area (Å²) in [6, 6.07) is 57.8. The molecule has 19 heteroatoms. The second-order valence-corrected chi connectivity index (χ2v) is 29.0. The van der Waals surface area contributed by atoms with Crippen LogP contribution in [0.1, 0.15) is 179 Å². The molecule has 0 aliphatic carbocycles. The monoisotopic (exact) mass is 1440 g/mol. The van der Waals surface area contributed by atoms with Crippen molar-refractivity contribution in [3.63, 3.8) is 0 Å². The summed E-state index contributed by atoms with van der Waals surface area (Å²) in [7, 11) is 0. The summed E-state index contributed by atoms with van der Waals surface area (Å²) < 4.78 is 19.3. The Morgan fingerprint density at radius 2 is 0.583 bits per heavy atom. The molecule has 19 nitrogen and oxygen atoms in total. The molecule has 15 aromatic heterocycles. The van der Waals surface area contributed by atoms with Crippen molar-refractivity contribution in [2.24, 2.45) is 0 Å². The van der Waals surface area contributed by atoms with Gasteiger partial charge in [0.1, 0.15) is 5.65 Å². The van der Waals surface area contributed by atoms with E-state index in [1.165, 1.54) is 60.0 Å². The Bertz CT molecular complexity index is 4600. The van der Waals surface area contributed by atoms with Gasteiger partial charge >= 0.3 is 0 Å². The fourth-order valence-electron chi connectivity index (χ4n) is 12.6. The highest BCUT2D eigenvalue weighted by Gasteiger charge is 2.11. The molecule has 108 heavy (non-hydrogen) atoms. The first-order valence-electron chi connectivity index (χ1n) is 37.7. The standard InChI is InChI=1S/C11H13N.6C10H12N2.2C9H11N3/c1-9(2)12-8-7-10-5-3-4-6-11(10)12;1-8(2)12-6-4-9-7-11-5-3-10(9)12;1-8(2)12-6-4-9-3-5-11-7-10(9)12;1-8(2)12-7-5-9-10(12)4-3-6-11-9;1-8(2)12-7-5-9-4-3-6-11-10(9)12;1-8(2)12-7-11-9-5-3-4-6-10(9)12;1-8(2)12-10-6-4-3-5-9(10)7-11-12;1-7(2)12-9-6-10-4-3-8(9)5-11-12;1-7(2)12-9-8(6-11-12)4-3-5-10-9/h3-9H,1-2H3;6*3-8H,1-2H3;2*3-7H,1-2H3. The quantitative estimate of drug-likeness (QED) is 0.135. The fraction of sp³-hybridized carbons (Fsp3) is 0.303. The van der Waals surface area contributed by atoms with Gasteiger partial charge < -0.3 is 27.4 Å². The van der Waals surface area contributed by atoms with Crippen molar-refractivity contribution in [1.82, 2.24) is 91.6 Å².